The van der Waals surface area contributed by atoms with Crippen molar-refractivity contribution < 1.29 is 17.9 Å². The summed E-state index contributed by atoms with van der Waals surface area (Å²) < 4.78 is 48.7. The molecule has 0 aliphatic rings. The molecule has 0 heterocycles. The first-order valence-corrected chi connectivity index (χ1v) is 13.0. The van der Waals surface area contributed by atoms with Gasteiger partial charge in [0, 0.05) is 5.56 Å². The Balaban J connectivity index is 1.68. The van der Waals surface area contributed by atoms with Crippen molar-refractivity contribution in [3.8, 4) is 28.0 Å². The molecule has 3 aromatic rings. The van der Waals surface area contributed by atoms with Crippen LogP contribution in [0.4, 0.5) is 13.2 Å². The number of halogens is 3. The highest BCUT2D eigenvalue weighted by Gasteiger charge is 2.20. The zero-order valence-corrected chi connectivity index (χ0v) is 21.0. The van der Waals surface area contributed by atoms with Crippen LogP contribution in [0.15, 0.2) is 54.6 Å². The van der Waals surface area contributed by atoms with Crippen molar-refractivity contribution in [2.24, 2.45) is 0 Å². The summed E-state index contributed by atoms with van der Waals surface area (Å²) >= 11 is 0. The summed E-state index contributed by atoms with van der Waals surface area (Å²) in [5.41, 5.74) is 3.84. The number of aryl methyl sites for hydroxylation is 1. The molecule has 0 fully saturated rings. The molecule has 0 saturated carbocycles. The highest BCUT2D eigenvalue weighted by atomic mass is 19.2. The molecule has 0 bridgehead atoms. The molecule has 0 saturated heterocycles. The smallest absolute Gasteiger partial charge is 0.203 e. The molecule has 0 unspecified atom stereocenters. The summed E-state index contributed by atoms with van der Waals surface area (Å²) in [6, 6.07) is 16.9. The summed E-state index contributed by atoms with van der Waals surface area (Å²) in [5, 5.41) is 0. The van der Waals surface area contributed by atoms with Gasteiger partial charge >= 0.3 is 0 Å². The third kappa shape index (κ3) is 7.62. The molecule has 188 valence electrons. The molecule has 35 heavy (non-hydrogen) atoms. The van der Waals surface area contributed by atoms with Gasteiger partial charge in [0.25, 0.3) is 0 Å². The van der Waals surface area contributed by atoms with Crippen molar-refractivity contribution in [2.45, 2.75) is 78.1 Å². The summed E-state index contributed by atoms with van der Waals surface area (Å²) in [7, 11) is 0. The fourth-order valence-corrected chi connectivity index (χ4v) is 4.25. The van der Waals surface area contributed by atoms with Crippen molar-refractivity contribution in [1.82, 2.24) is 0 Å². The van der Waals surface area contributed by atoms with Gasteiger partial charge in [0.2, 0.25) is 5.82 Å². The monoisotopic (exact) mass is 482 g/mol. The van der Waals surface area contributed by atoms with Crippen molar-refractivity contribution in [3.05, 3.63) is 77.6 Å². The van der Waals surface area contributed by atoms with E-state index in [1.807, 2.05) is 12.1 Å². The van der Waals surface area contributed by atoms with Crippen LogP contribution >= 0.6 is 0 Å². The lowest BCUT2D eigenvalue weighted by Crippen LogP contribution is -2.03. The topological polar surface area (TPSA) is 9.23 Å². The highest BCUT2D eigenvalue weighted by Crippen LogP contribution is 2.33. The van der Waals surface area contributed by atoms with E-state index in [9.17, 15) is 13.2 Å². The van der Waals surface area contributed by atoms with E-state index in [-0.39, 0.29) is 17.9 Å². The zero-order chi connectivity index (χ0) is 25.0. The normalized spacial score (nSPS) is 11.1. The lowest BCUT2D eigenvalue weighted by molar-refractivity contribution is 0.282. The Bertz CT molecular complexity index is 1040. The number of hydrogen-bond donors (Lipinski definition) is 0. The van der Waals surface area contributed by atoms with Crippen molar-refractivity contribution in [2.75, 3.05) is 6.61 Å². The van der Waals surface area contributed by atoms with Gasteiger partial charge in [-0.15, -0.1) is 0 Å². The average molecular weight is 483 g/mol. The number of ether oxygens (including phenoxy) is 1. The molecule has 1 nitrogen and oxygen atoms in total. The fraction of sp³-hybridized carbons (Fsp3) is 0.419. The Morgan fingerprint density at radius 3 is 1.77 bits per heavy atom. The van der Waals surface area contributed by atoms with Crippen LogP contribution < -0.4 is 4.74 Å². The van der Waals surface area contributed by atoms with Crippen LogP contribution in [0.25, 0.3) is 22.3 Å². The Morgan fingerprint density at radius 1 is 0.571 bits per heavy atom. The molecule has 0 amide bonds. The van der Waals surface area contributed by atoms with Crippen LogP contribution in [-0.2, 0) is 6.42 Å². The maximum atomic E-state index is 14.6. The second kappa shape index (κ2) is 14.0. The Labute approximate surface area is 208 Å². The van der Waals surface area contributed by atoms with E-state index in [0.717, 1.165) is 36.8 Å². The van der Waals surface area contributed by atoms with Crippen molar-refractivity contribution >= 4 is 0 Å². The minimum absolute atomic E-state index is 0.000308. The summed E-state index contributed by atoms with van der Waals surface area (Å²) in [6.45, 7) is 4.64. The minimum Gasteiger partial charge on any atom is -0.490 e. The van der Waals surface area contributed by atoms with E-state index in [2.05, 4.69) is 38.1 Å². The summed E-state index contributed by atoms with van der Waals surface area (Å²) in [6.07, 6.45) is 11.1. The zero-order valence-electron chi connectivity index (χ0n) is 21.0. The van der Waals surface area contributed by atoms with E-state index in [0.29, 0.717) is 5.56 Å². The van der Waals surface area contributed by atoms with Gasteiger partial charge in [-0.1, -0.05) is 107 Å². The van der Waals surface area contributed by atoms with Gasteiger partial charge in [-0.05, 0) is 47.6 Å². The number of rotatable bonds is 14. The molecule has 3 rings (SSSR count). The molecule has 0 aliphatic carbocycles. The molecule has 0 aliphatic heterocycles. The van der Waals surface area contributed by atoms with E-state index < -0.39 is 17.5 Å². The predicted octanol–water partition coefficient (Wildman–Crippen LogP) is 9.91. The van der Waals surface area contributed by atoms with Crippen LogP contribution in [-0.4, -0.2) is 6.61 Å². The van der Waals surface area contributed by atoms with Gasteiger partial charge in [-0.25, -0.2) is 8.78 Å². The second-order valence-electron chi connectivity index (χ2n) is 9.21. The number of unbranched alkanes of at least 4 members (excludes halogenated alkanes) is 7. The standard InChI is InChI=1S/C31H37F3O/c1-3-5-7-8-9-11-21-35-28-22-27(29(32)31(34)30(28)33)26-19-17-25(18-20-26)24-15-13-23(14-16-24)12-10-6-4-2/h13-20,22H,3-12,21H2,1-2H3. The highest BCUT2D eigenvalue weighted by molar-refractivity contribution is 5.71. The van der Waals surface area contributed by atoms with Crippen LogP contribution in [0, 0.1) is 17.5 Å². The quantitative estimate of drug-likeness (QED) is 0.164. The maximum Gasteiger partial charge on any atom is 0.203 e. The maximum absolute atomic E-state index is 14.6. The summed E-state index contributed by atoms with van der Waals surface area (Å²) in [4.78, 5) is 0. The third-order valence-corrected chi connectivity index (χ3v) is 6.42. The van der Waals surface area contributed by atoms with Crippen molar-refractivity contribution in [3.63, 3.8) is 0 Å². The van der Waals surface area contributed by atoms with Crippen LogP contribution in [0.3, 0.4) is 0 Å². The predicted molar refractivity (Wildman–Crippen MR) is 139 cm³/mol. The first-order chi connectivity index (χ1) is 17.0. The summed E-state index contributed by atoms with van der Waals surface area (Å²) in [5.74, 6) is -4.20. The van der Waals surface area contributed by atoms with E-state index in [4.69, 9.17) is 4.74 Å². The van der Waals surface area contributed by atoms with E-state index in [1.54, 1.807) is 12.1 Å². The fourth-order valence-electron chi connectivity index (χ4n) is 4.25. The lowest BCUT2D eigenvalue weighted by Gasteiger charge is -2.12. The van der Waals surface area contributed by atoms with E-state index in [1.165, 1.54) is 50.2 Å². The molecule has 0 atom stereocenters. The molecule has 0 spiro atoms. The molecule has 0 aromatic heterocycles. The largest absolute Gasteiger partial charge is 0.490 e. The van der Waals surface area contributed by atoms with Gasteiger partial charge < -0.3 is 4.74 Å². The molecular formula is C31H37F3O. The van der Waals surface area contributed by atoms with Gasteiger partial charge in [0.05, 0.1) is 6.61 Å². The number of hydrogen-bond acceptors (Lipinski definition) is 1. The van der Waals surface area contributed by atoms with Gasteiger partial charge in [0.1, 0.15) is 0 Å². The molecule has 3 aromatic carbocycles. The van der Waals surface area contributed by atoms with Crippen LogP contribution in [0.2, 0.25) is 0 Å². The number of benzene rings is 3. The SMILES string of the molecule is CCCCCCCCOc1cc(-c2ccc(-c3ccc(CCCCC)cc3)cc2)c(F)c(F)c1F. The van der Waals surface area contributed by atoms with Crippen LogP contribution in [0.5, 0.6) is 5.75 Å². The first-order valence-electron chi connectivity index (χ1n) is 13.0. The molecule has 0 N–H and O–H groups in total. The van der Waals surface area contributed by atoms with Gasteiger partial charge in [0.15, 0.2) is 17.4 Å². The van der Waals surface area contributed by atoms with E-state index >= 15 is 0 Å². The Kier molecular flexibility index (Phi) is 10.7. The Hall–Kier alpha value is -2.75. The molecule has 4 heteroatoms. The third-order valence-electron chi connectivity index (χ3n) is 6.42. The van der Waals surface area contributed by atoms with Crippen LogP contribution in [0.1, 0.15) is 77.2 Å². The average Bonchev–Trinajstić information content (AvgIpc) is 2.89. The molecular weight excluding hydrogens is 445 g/mol. The minimum atomic E-state index is -1.50. The Morgan fingerprint density at radius 2 is 1.11 bits per heavy atom. The molecule has 0 radical (unpaired) electrons. The van der Waals surface area contributed by atoms with Gasteiger partial charge in [-0.3, -0.25) is 0 Å². The lowest BCUT2D eigenvalue weighted by atomic mass is 9.98. The first kappa shape index (κ1) is 26.8. The second-order valence-corrected chi connectivity index (χ2v) is 9.21. The van der Waals surface area contributed by atoms with Crippen molar-refractivity contribution in [1.29, 1.82) is 0 Å². The van der Waals surface area contributed by atoms with Gasteiger partial charge in [-0.2, -0.15) is 4.39 Å².